The van der Waals surface area contributed by atoms with Crippen LogP contribution in [0.25, 0.3) is 0 Å². The molecule has 4 saturated carbocycles. The molecule has 9 atom stereocenters. The van der Waals surface area contributed by atoms with E-state index in [0.29, 0.717) is 46.9 Å². The Balaban J connectivity index is 1.57. The maximum absolute atomic E-state index is 6.75. The summed E-state index contributed by atoms with van der Waals surface area (Å²) in [6, 6.07) is 0. The lowest BCUT2D eigenvalue weighted by Gasteiger charge is -2.64. The second-order valence-corrected chi connectivity index (χ2v) is 12.7. The first-order valence-corrected chi connectivity index (χ1v) is 15.0. The molecule has 4 fully saturated rings. The van der Waals surface area contributed by atoms with E-state index in [4.69, 9.17) is 19.9 Å². The molecule has 4 nitrogen and oxygen atoms in total. The van der Waals surface area contributed by atoms with Crippen LogP contribution in [-0.4, -0.2) is 44.7 Å². The molecule has 0 aromatic carbocycles. The Morgan fingerprint density at radius 2 is 1.50 bits per heavy atom. The zero-order valence-electron chi connectivity index (χ0n) is 22.9. The van der Waals surface area contributed by atoms with Crippen molar-refractivity contribution in [2.75, 3.05) is 26.4 Å². The molecule has 4 heteroatoms. The smallest absolute Gasteiger partial charge is 0.0634 e. The molecule has 4 rings (SSSR count). The monoisotopic (exact) mass is 477 g/mol. The molecular weight excluding hydrogens is 422 g/mol. The van der Waals surface area contributed by atoms with Crippen molar-refractivity contribution in [3.05, 3.63) is 0 Å². The van der Waals surface area contributed by atoms with Gasteiger partial charge in [0.05, 0.1) is 18.3 Å². The molecule has 2 N–H and O–H groups in total. The number of hydrogen-bond donors (Lipinski definition) is 1. The second kappa shape index (κ2) is 11.9. The van der Waals surface area contributed by atoms with Gasteiger partial charge in [-0.1, -0.05) is 47.0 Å². The summed E-state index contributed by atoms with van der Waals surface area (Å²) in [6.45, 7) is 13.2. The van der Waals surface area contributed by atoms with Crippen LogP contribution in [0.5, 0.6) is 0 Å². The highest BCUT2D eigenvalue weighted by atomic mass is 16.5. The van der Waals surface area contributed by atoms with Crippen molar-refractivity contribution < 1.29 is 14.2 Å². The van der Waals surface area contributed by atoms with Crippen LogP contribution in [0.3, 0.4) is 0 Å². The van der Waals surface area contributed by atoms with Gasteiger partial charge in [-0.3, -0.25) is 0 Å². The van der Waals surface area contributed by atoms with E-state index in [2.05, 4.69) is 27.7 Å². The van der Waals surface area contributed by atoms with Gasteiger partial charge in [-0.2, -0.15) is 0 Å². The van der Waals surface area contributed by atoms with Gasteiger partial charge in [0.2, 0.25) is 0 Å². The van der Waals surface area contributed by atoms with Crippen molar-refractivity contribution in [3.8, 4) is 0 Å². The van der Waals surface area contributed by atoms with Crippen LogP contribution in [0, 0.1) is 34.5 Å². The van der Waals surface area contributed by atoms with Crippen LogP contribution in [0.1, 0.15) is 111 Å². The zero-order valence-corrected chi connectivity index (χ0v) is 22.9. The zero-order chi connectivity index (χ0) is 24.2. The van der Waals surface area contributed by atoms with Gasteiger partial charge in [-0.05, 0) is 105 Å². The summed E-state index contributed by atoms with van der Waals surface area (Å²) in [5.41, 5.74) is 6.58. The Labute approximate surface area is 210 Å². The molecule has 0 radical (unpaired) electrons. The molecule has 0 heterocycles. The minimum Gasteiger partial charge on any atom is -0.378 e. The molecule has 0 aromatic rings. The van der Waals surface area contributed by atoms with Crippen LogP contribution in [0.2, 0.25) is 0 Å². The SMILES string of the molecule is CCCCO[C@@H]1CC[C@@]2(C)[C@@H](C1)C[C@@H](OCCCN)C1[C@@H]2C[C@H](OCCCC)[C@]2(C)CCC[C@@H]12. The van der Waals surface area contributed by atoms with E-state index < -0.39 is 0 Å². The number of hydrogen-bond acceptors (Lipinski definition) is 4. The first-order valence-electron chi connectivity index (χ1n) is 15.0. The minimum absolute atomic E-state index is 0.327. The van der Waals surface area contributed by atoms with E-state index in [1.807, 2.05) is 0 Å². The van der Waals surface area contributed by atoms with Crippen LogP contribution in [0.4, 0.5) is 0 Å². The Hall–Kier alpha value is -0.160. The van der Waals surface area contributed by atoms with E-state index in [-0.39, 0.29) is 0 Å². The average Bonchev–Trinajstić information content (AvgIpc) is 3.23. The number of unbranched alkanes of at least 4 members (excludes halogenated alkanes) is 2. The molecule has 0 bridgehead atoms. The Bertz CT molecular complexity index is 628. The standard InChI is InChI=1S/C30H55NO3/c1-5-7-16-32-23-12-14-29(3)22(19-23)20-26(33-18-10-15-31)28-24-11-9-13-30(24,4)27(21-25(28)29)34-17-8-6-2/h22-28H,5-21,31H2,1-4H3/t22-,23+,24-,25-,26+,27-,28?,29-,30+/m0/s1. The van der Waals surface area contributed by atoms with Crippen LogP contribution in [-0.2, 0) is 14.2 Å². The highest BCUT2D eigenvalue weighted by molar-refractivity contribution is 5.13. The number of nitrogens with two attached hydrogens (primary N) is 1. The van der Waals surface area contributed by atoms with Crippen molar-refractivity contribution in [1.82, 2.24) is 0 Å². The lowest BCUT2D eigenvalue weighted by molar-refractivity contribution is -0.218. The third-order valence-electron chi connectivity index (χ3n) is 10.8. The van der Waals surface area contributed by atoms with Gasteiger partial charge in [0.25, 0.3) is 0 Å². The van der Waals surface area contributed by atoms with Gasteiger partial charge in [0, 0.05) is 19.8 Å². The quantitative estimate of drug-likeness (QED) is 0.316. The molecule has 0 saturated heterocycles. The van der Waals surface area contributed by atoms with Crippen molar-refractivity contribution in [1.29, 1.82) is 0 Å². The maximum Gasteiger partial charge on any atom is 0.0634 e. The molecular formula is C30H55NO3. The van der Waals surface area contributed by atoms with Gasteiger partial charge >= 0.3 is 0 Å². The minimum atomic E-state index is 0.327. The van der Waals surface area contributed by atoms with Crippen LogP contribution < -0.4 is 5.73 Å². The summed E-state index contributed by atoms with van der Waals surface area (Å²) in [5, 5.41) is 0. The molecule has 0 aromatic heterocycles. The summed E-state index contributed by atoms with van der Waals surface area (Å²) in [4.78, 5) is 0. The lowest BCUT2D eigenvalue weighted by Crippen LogP contribution is -2.62. The van der Waals surface area contributed by atoms with Crippen molar-refractivity contribution in [3.63, 3.8) is 0 Å². The van der Waals surface area contributed by atoms with Gasteiger partial charge in [-0.25, -0.2) is 0 Å². The van der Waals surface area contributed by atoms with E-state index in [1.54, 1.807) is 0 Å². The topological polar surface area (TPSA) is 53.7 Å². The lowest BCUT2D eigenvalue weighted by atomic mass is 9.44. The van der Waals surface area contributed by atoms with Gasteiger partial charge in [0.1, 0.15) is 0 Å². The summed E-state index contributed by atoms with van der Waals surface area (Å²) < 4.78 is 19.9. The van der Waals surface area contributed by atoms with Crippen molar-refractivity contribution in [2.45, 2.75) is 129 Å². The Kier molecular flexibility index (Phi) is 9.43. The summed E-state index contributed by atoms with van der Waals surface area (Å²) in [7, 11) is 0. The second-order valence-electron chi connectivity index (χ2n) is 12.7. The summed E-state index contributed by atoms with van der Waals surface area (Å²) in [6.07, 6.45) is 17.4. The molecule has 4 aliphatic carbocycles. The fourth-order valence-electron chi connectivity index (χ4n) is 8.76. The maximum atomic E-state index is 6.75. The summed E-state index contributed by atoms with van der Waals surface area (Å²) in [5.74, 6) is 2.86. The van der Waals surface area contributed by atoms with E-state index in [0.717, 1.165) is 38.7 Å². The van der Waals surface area contributed by atoms with Gasteiger partial charge < -0.3 is 19.9 Å². The molecule has 0 amide bonds. The Morgan fingerprint density at radius 1 is 0.765 bits per heavy atom. The van der Waals surface area contributed by atoms with Crippen LogP contribution in [0.15, 0.2) is 0 Å². The van der Waals surface area contributed by atoms with Crippen LogP contribution >= 0.6 is 0 Å². The molecule has 198 valence electrons. The van der Waals surface area contributed by atoms with Gasteiger partial charge in [-0.15, -0.1) is 0 Å². The molecule has 0 spiro atoms. The Morgan fingerprint density at radius 3 is 2.24 bits per heavy atom. The highest BCUT2D eigenvalue weighted by Crippen LogP contribution is 2.67. The third-order valence-corrected chi connectivity index (χ3v) is 10.8. The fraction of sp³-hybridized carbons (Fsp3) is 1.00. The average molecular weight is 478 g/mol. The highest BCUT2D eigenvalue weighted by Gasteiger charge is 2.64. The summed E-state index contributed by atoms with van der Waals surface area (Å²) >= 11 is 0. The van der Waals surface area contributed by atoms with E-state index >= 15 is 0 Å². The molecule has 1 unspecified atom stereocenters. The molecule has 34 heavy (non-hydrogen) atoms. The van der Waals surface area contributed by atoms with Gasteiger partial charge in [0.15, 0.2) is 0 Å². The largest absolute Gasteiger partial charge is 0.378 e. The number of rotatable bonds is 12. The number of fused-ring (bicyclic) bond motifs is 5. The predicted octanol–water partition coefficient (Wildman–Crippen LogP) is 6.74. The number of ether oxygens (including phenoxy) is 3. The first-order chi connectivity index (χ1) is 16.5. The first kappa shape index (κ1) is 26.9. The van der Waals surface area contributed by atoms with Crippen molar-refractivity contribution >= 4 is 0 Å². The normalized spacial score (nSPS) is 43.9. The predicted molar refractivity (Wildman–Crippen MR) is 140 cm³/mol. The molecule has 0 aliphatic heterocycles. The van der Waals surface area contributed by atoms with Crippen molar-refractivity contribution in [2.24, 2.45) is 40.2 Å². The van der Waals surface area contributed by atoms with E-state index in [9.17, 15) is 0 Å². The third kappa shape index (κ3) is 5.27. The molecule has 4 aliphatic rings. The fourth-order valence-corrected chi connectivity index (χ4v) is 8.76. The van der Waals surface area contributed by atoms with E-state index in [1.165, 1.54) is 77.0 Å².